The lowest BCUT2D eigenvalue weighted by atomic mass is 10.1. The van der Waals surface area contributed by atoms with Gasteiger partial charge in [-0.2, -0.15) is 0 Å². The Kier molecular flexibility index (Phi) is 3.22. The SMILES string of the molecule is Cc1ccc(C)c(-c2nc(CO)c(Cl)n2C)c1. The van der Waals surface area contributed by atoms with Crippen molar-refractivity contribution in [3.63, 3.8) is 0 Å². The van der Waals surface area contributed by atoms with Crippen LogP contribution in [0.25, 0.3) is 11.4 Å². The van der Waals surface area contributed by atoms with Crippen LogP contribution in [-0.4, -0.2) is 14.7 Å². The number of aliphatic hydroxyl groups is 1. The highest BCUT2D eigenvalue weighted by Crippen LogP contribution is 2.27. The van der Waals surface area contributed by atoms with E-state index in [4.69, 9.17) is 16.7 Å². The van der Waals surface area contributed by atoms with Gasteiger partial charge in [0, 0.05) is 12.6 Å². The van der Waals surface area contributed by atoms with Crippen LogP contribution in [0.4, 0.5) is 0 Å². The molecule has 0 saturated carbocycles. The molecule has 1 heterocycles. The molecule has 0 amide bonds. The van der Waals surface area contributed by atoms with E-state index in [1.54, 1.807) is 4.57 Å². The van der Waals surface area contributed by atoms with E-state index in [1.807, 2.05) is 20.9 Å². The largest absolute Gasteiger partial charge is 0.390 e. The summed E-state index contributed by atoms with van der Waals surface area (Å²) in [4.78, 5) is 4.38. The van der Waals surface area contributed by atoms with Crippen molar-refractivity contribution < 1.29 is 5.11 Å². The lowest BCUT2D eigenvalue weighted by molar-refractivity contribution is 0.277. The van der Waals surface area contributed by atoms with Gasteiger partial charge in [-0.15, -0.1) is 0 Å². The van der Waals surface area contributed by atoms with Gasteiger partial charge in [-0.3, -0.25) is 0 Å². The maximum Gasteiger partial charge on any atom is 0.141 e. The van der Waals surface area contributed by atoms with Crippen molar-refractivity contribution >= 4 is 11.6 Å². The molecule has 90 valence electrons. The molecule has 0 bridgehead atoms. The minimum atomic E-state index is -0.141. The lowest BCUT2D eigenvalue weighted by Crippen LogP contribution is -1.95. The predicted molar refractivity (Wildman–Crippen MR) is 69.1 cm³/mol. The van der Waals surface area contributed by atoms with Gasteiger partial charge in [-0.05, 0) is 25.5 Å². The third-order valence-electron chi connectivity index (χ3n) is 2.87. The van der Waals surface area contributed by atoms with E-state index in [1.165, 1.54) is 5.56 Å². The number of hydrogen-bond donors (Lipinski definition) is 1. The molecular weight excluding hydrogens is 236 g/mol. The molecule has 0 aliphatic carbocycles. The zero-order valence-electron chi connectivity index (χ0n) is 10.2. The molecule has 1 aromatic carbocycles. The summed E-state index contributed by atoms with van der Waals surface area (Å²) < 4.78 is 1.80. The minimum absolute atomic E-state index is 0.141. The highest BCUT2D eigenvalue weighted by Gasteiger charge is 2.15. The van der Waals surface area contributed by atoms with E-state index in [0.717, 1.165) is 17.0 Å². The number of benzene rings is 1. The molecule has 4 heteroatoms. The van der Waals surface area contributed by atoms with Crippen LogP contribution in [0.5, 0.6) is 0 Å². The molecule has 17 heavy (non-hydrogen) atoms. The number of aliphatic hydroxyl groups excluding tert-OH is 1. The first kappa shape index (κ1) is 12.1. The molecule has 0 unspecified atom stereocenters. The highest BCUT2D eigenvalue weighted by molar-refractivity contribution is 6.30. The number of imidazole rings is 1. The van der Waals surface area contributed by atoms with Gasteiger partial charge >= 0.3 is 0 Å². The Balaban J connectivity index is 2.64. The van der Waals surface area contributed by atoms with Gasteiger partial charge < -0.3 is 9.67 Å². The summed E-state index contributed by atoms with van der Waals surface area (Å²) in [7, 11) is 1.85. The predicted octanol–water partition coefficient (Wildman–Crippen LogP) is 2.85. The van der Waals surface area contributed by atoms with Crippen LogP contribution in [0.3, 0.4) is 0 Å². The van der Waals surface area contributed by atoms with Crippen molar-refractivity contribution in [1.82, 2.24) is 9.55 Å². The molecule has 0 fully saturated rings. The standard InChI is InChI=1S/C13H15ClN2O/c1-8-4-5-9(2)10(6-8)13-15-11(7-17)12(14)16(13)3/h4-6,17H,7H2,1-3H3. The summed E-state index contributed by atoms with van der Waals surface area (Å²) in [5.74, 6) is 0.792. The lowest BCUT2D eigenvalue weighted by Gasteiger charge is -2.07. The van der Waals surface area contributed by atoms with Gasteiger partial charge in [-0.1, -0.05) is 29.3 Å². The van der Waals surface area contributed by atoms with Gasteiger partial charge in [0.05, 0.1) is 6.61 Å². The number of aromatic nitrogens is 2. The second-order valence-electron chi connectivity index (χ2n) is 4.21. The van der Waals surface area contributed by atoms with Crippen molar-refractivity contribution in [3.05, 3.63) is 40.2 Å². The Labute approximate surface area is 106 Å². The number of rotatable bonds is 2. The van der Waals surface area contributed by atoms with Crippen LogP contribution in [0, 0.1) is 13.8 Å². The summed E-state index contributed by atoms with van der Waals surface area (Å²) in [6, 6.07) is 6.21. The van der Waals surface area contributed by atoms with E-state index in [-0.39, 0.29) is 6.61 Å². The van der Waals surface area contributed by atoms with Gasteiger partial charge in [-0.25, -0.2) is 4.98 Å². The monoisotopic (exact) mass is 250 g/mol. The molecule has 0 aliphatic heterocycles. The van der Waals surface area contributed by atoms with Gasteiger partial charge in [0.15, 0.2) is 0 Å². The summed E-state index contributed by atoms with van der Waals surface area (Å²) >= 11 is 6.10. The zero-order chi connectivity index (χ0) is 12.6. The molecule has 0 aliphatic rings. The van der Waals surface area contributed by atoms with Crippen LogP contribution in [0.2, 0.25) is 5.15 Å². The van der Waals surface area contributed by atoms with Crippen LogP contribution in [0.1, 0.15) is 16.8 Å². The van der Waals surface area contributed by atoms with Crippen molar-refractivity contribution in [2.24, 2.45) is 7.05 Å². The Morgan fingerprint density at radius 3 is 2.65 bits per heavy atom. The van der Waals surface area contributed by atoms with Gasteiger partial charge in [0.25, 0.3) is 0 Å². The Bertz CT molecular complexity index is 561. The third kappa shape index (κ3) is 2.08. The summed E-state index contributed by atoms with van der Waals surface area (Å²) in [6.45, 7) is 3.94. The number of halogens is 1. The van der Waals surface area contributed by atoms with Crippen LogP contribution in [-0.2, 0) is 13.7 Å². The molecule has 0 radical (unpaired) electrons. The first-order valence-corrected chi connectivity index (χ1v) is 5.82. The second kappa shape index (κ2) is 4.51. The molecular formula is C13H15ClN2O. The average Bonchev–Trinajstić information content (AvgIpc) is 2.59. The topological polar surface area (TPSA) is 38.1 Å². The molecule has 0 spiro atoms. The fourth-order valence-corrected chi connectivity index (χ4v) is 2.04. The maximum absolute atomic E-state index is 9.17. The first-order chi connectivity index (χ1) is 8.04. The quantitative estimate of drug-likeness (QED) is 0.890. The Morgan fingerprint density at radius 1 is 1.35 bits per heavy atom. The molecule has 1 N–H and O–H groups in total. The van der Waals surface area contributed by atoms with Crippen LogP contribution in [0.15, 0.2) is 18.2 Å². The summed E-state index contributed by atoms with van der Waals surface area (Å²) in [6.07, 6.45) is 0. The molecule has 2 rings (SSSR count). The third-order valence-corrected chi connectivity index (χ3v) is 3.35. The fraction of sp³-hybridized carbons (Fsp3) is 0.308. The van der Waals surface area contributed by atoms with Crippen LogP contribution < -0.4 is 0 Å². The van der Waals surface area contributed by atoms with Crippen molar-refractivity contribution in [3.8, 4) is 11.4 Å². The van der Waals surface area contributed by atoms with Crippen LogP contribution >= 0.6 is 11.6 Å². The first-order valence-electron chi connectivity index (χ1n) is 5.44. The molecule has 0 saturated heterocycles. The minimum Gasteiger partial charge on any atom is -0.390 e. The summed E-state index contributed by atoms with van der Waals surface area (Å²) in [5.41, 5.74) is 3.89. The van der Waals surface area contributed by atoms with E-state index in [0.29, 0.717) is 10.8 Å². The molecule has 2 aromatic rings. The molecule has 1 aromatic heterocycles. The van der Waals surface area contributed by atoms with E-state index in [2.05, 4.69) is 23.2 Å². The fourth-order valence-electron chi connectivity index (χ4n) is 1.85. The van der Waals surface area contributed by atoms with Crippen molar-refractivity contribution in [2.45, 2.75) is 20.5 Å². The normalized spacial score (nSPS) is 10.9. The van der Waals surface area contributed by atoms with E-state index < -0.39 is 0 Å². The van der Waals surface area contributed by atoms with Gasteiger partial charge in [0.2, 0.25) is 0 Å². The molecule has 0 atom stereocenters. The molecule has 3 nitrogen and oxygen atoms in total. The Hall–Kier alpha value is -1.32. The zero-order valence-corrected chi connectivity index (χ0v) is 10.9. The number of nitrogens with zero attached hydrogens (tertiary/aromatic N) is 2. The van der Waals surface area contributed by atoms with Gasteiger partial charge in [0.1, 0.15) is 16.7 Å². The smallest absolute Gasteiger partial charge is 0.141 e. The summed E-state index contributed by atoms with van der Waals surface area (Å²) in [5, 5.41) is 9.66. The van der Waals surface area contributed by atoms with E-state index in [9.17, 15) is 0 Å². The number of hydrogen-bond acceptors (Lipinski definition) is 2. The van der Waals surface area contributed by atoms with Crippen molar-refractivity contribution in [1.29, 1.82) is 0 Å². The second-order valence-corrected chi connectivity index (χ2v) is 4.57. The van der Waals surface area contributed by atoms with E-state index >= 15 is 0 Å². The van der Waals surface area contributed by atoms with Crippen molar-refractivity contribution in [2.75, 3.05) is 0 Å². The average molecular weight is 251 g/mol. The number of aryl methyl sites for hydroxylation is 2. The maximum atomic E-state index is 9.17. The highest BCUT2D eigenvalue weighted by atomic mass is 35.5. The Morgan fingerprint density at radius 2 is 2.06 bits per heavy atom.